The molecule has 3 nitrogen and oxygen atoms in total. The summed E-state index contributed by atoms with van der Waals surface area (Å²) >= 11 is 0. The molecule has 0 unspecified atom stereocenters. The van der Waals surface area contributed by atoms with Crippen LogP contribution in [0, 0.1) is 27.7 Å². The van der Waals surface area contributed by atoms with Crippen LogP contribution in [0.1, 0.15) is 22.3 Å². The van der Waals surface area contributed by atoms with E-state index in [2.05, 4.69) is 107 Å². The summed E-state index contributed by atoms with van der Waals surface area (Å²) in [6.45, 7) is 8.62. The standard InChI is InChI=1S/C36H28N2O/c1-21-9-7-10-22(2)35(21)32-18-16-26-24(4)25(15-17-31(26)38-32)30-19-33(37-20-23(30)3)29-13-8-12-28-27-11-5-6-14-34(27)39-36(28)29/h5-20H,1-4H3. The predicted molar refractivity (Wildman–Crippen MR) is 162 cm³/mol. The monoisotopic (exact) mass is 504 g/mol. The van der Waals surface area contributed by atoms with Crippen molar-refractivity contribution < 1.29 is 4.42 Å². The second-order valence-corrected chi connectivity index (χ2v) is 10.4. The second kappa shape index (κ2) is 8.92. The van der Waals surface area contributed by atoms with Crippen LogP contribution in [0.3, 0.4) is 0 Å². The smallest absolute Gasteiger partial charge is 0.144 e. The predicted octanol–water partition coefficient (Wildman–Crippen LogP) is 9.76. The zero-order valence-electron chi connectivity index (χ0n) is 22.5. The van der Waals surface area contributed by atoms with E-state index in [0.717, 1.165) is 50.0 Å². The number of aryl methyl sites for hydroxylation is 4. The summed E-state index contributed by atoms with van der Waals surface area (Å²) in [6, 6.07) is 31.8. The molecule has 3 heterocycles. The third-order valence-electron chi connectivity index (χ3n) is 7.95. The number of pyridine rings is 2. The Morgan fingerprint density at radius 2 is 1.33 bits per heavy atom. The number of furan rings is 1. The Kier molecular flexibility index (Phi) is 5.34. The summed E-state index contributed by atoms with van der Waals surface area (Å²) in [5, 5.41) is 3.40. The molecule has 0 amide bonds. The van der Waals surface area contributed by atoms with Crippen LogP contribution < -0.4 is 0 Å². The van der Waals surface area contributed by atoms with Gasteiger partial charge in [-0.05, 0) is 91.4 Å². The maximum atomic E-state index is 6.31. The average Bonchev–Trinajstić information content (AvgIpc) is 3.33. The highest BCUT2D eigenvalue weighted by atomic mass is 16.3. The van der Waals surface area contributed by atoms with E-state index >= 15 is 0 Å². The number of aromatic nitrogens is 2. The zero-order valence-corrected chi connectivity index (χ0v) is 22.5. The molecule has 7 rings (SSSR count). The van der Waals surface area contributed by atoms with Crippen LogP contribution in [0.15, 0.2) is 102 Å². The first-order valence-electron chi connectivity index (χ1n) is 13.3. The van der Waals surface area contributed by atoms with Crippen molar-refractivity contribution in [3.63, 3.8) is 0 Å². The zero-order chi connectivity index (χ0) is 26.7. The lowest BCUT2D eigenvalue weighted by atomic mass is 9.93. The average molecular weight is 505 g/mol. The van der Waals surface area contributed by atoms with Crippen molar-refractivity contribution in [2.24, 2.45) is 0 Å². The molecule has 0 aliphatic heterocycles. The normalized spacial score (nSPS) is 11.6. The summed E-state index contributed by atoms with van der Waals surface area (Å²) in [5.41, 5.74) is 14.1. The number of para-hydroxylation sites is 2. The summed E-state index contributed by atoms with van der Waals surface area (Å²) in [5.74, 6) is 0. The molecule has 188 valence electrons. The van der Waals surface area contributed by atoms with E-state index in [1.165, 1.54) is 38.8 Å². The van der Waals surface area contributed by atoms with Gasteiger partial charge in [0.1, 0.15) is 11.2 Å². The summed E-state index contributed by atoms with van der Waals surface area (Å²) < 4.78 is 6.31. The number of benzene rings is 4. The topological polar surface area (TPSA) is 38.9 Å². The van der Waals surface area contributed by atoms with E-state index in [9.17, 15) is 0 Å². The van der Waals surface area contributed by atoms with Crippen LogP contribution in [0.4, 0.5) is 0 Å². The van der Waals surface area contributed by atoms with E-state index in [1.54, 1.807) is 0 Å². The third-order valence-corrected chi connectivity index (χ3v) is 7.95. The van der Waals surface area contributed by atoms with Gasteiger partial charge in [0, 0.05) is 33.5 Å². The van der Waals surface area contributed by atoms with Gasteiger partial charge >= 0.3 is 0 Å². The molecular formula is C36H28N2O. The molecule has 0 aliphatic carbocycles. The lowest BCUT2D eigenvalue weighted by molar-refractivity contribution is 0.670. The molecule has 0 aliphatic rings. The van der Waals surface area contributed by atoms with Gasteiger partial charge in [-0.25, -0.2) is 4.98 Å². The van der Waals surface area contributed by atoms with Gasteiger partial charge in [-0.1, -0.05) is 60.7 Å². The van der Waals surface area contributed by atoms with E-state index in [-0.39, 0.29) is 0 Å². The minimum absolute atomic E-state index is 0.875. The lowest BCUT2D eigenvalue weighted by Gasteiger charge is -2.15. The Hall–Kier alpha value is -4.76. The van der Waals surface area contributed by atoms with Gasteiger partial charge in [0.2, 0.25) is 0 Å². The van der Waals surface area contributed by atoms with Crippen LogP contribution in [-0.2, 0) is 0 Å². The molecule has 0 radical (unpaired) electrons. The molecule has 3 heteroatoms. The van der Waals surface area contributed by atoms with Crippen LogP contribution in [0.5, 0.6) is 0 Å². The van der Waals surface area contributed by atoms with Gasteiger partial charge in [-0.2, -0.15) is 0 Å². The molecule has 0 N–H and O–H groups in total. The van der Waals surface area contributed by atoms with Gasteiger partial charge in [-0.3, -0.25) is 4.98 Å². The Morgan fingerprint density at radius 1 is 0.564 bits per heavy atom. The van der Waals surface area contributed by atoms with Crippen molar-refractivity contribution in [3.05, 3.63) is 119 Å². The van der Waals surface area contributed by atoms with Crippen LogP contribution in [0.25, 0.3) is 66.5 Å². The molecular weight excluding hydrogens is 476 g/mol. The SMILES string of the molecule is Cc1cnc(-c2cccc3c2oc2ccccc23)cc1-c1ccc2nc(-c3c(C)cccc3C)ccc2c1C. The highest BCUT2D eigenvalue weighted by molar-refractivity contribution is 6.09. The van der Waals surface area contributed by atoms with Gasteiger partial charge in [0.05, 0.1) is 16.9 Å². The van der Waals surface area contributed by atoms with Crippen molar-refractivity contribution in [2.75, 3.05) is 0 Å². The number of rotatable bonds is 3. The fourth-order valence-corrected chi connectivity index (χ4v) is 5.91. The highest BCUT2D eigenvalue weighted by Gasteiger charge is 2.16. The molecule has 39 heavy (non-hydrogen) atoms. The molecule has 0 fully saturated rings. The first kappa shape index (κ1) is 23.4. The van der Waals surface area contributed by atoms with Crippen molar-refractivity contribution in [2.45, 2.75) is 27.7 Å². The van der Waals surface area contributed by atoms with Gasteiger partial charge < -0.3 is 4.42 Å². The first-order valence-corrected chi connectivity index (χ1v) is 13.3. The summed E-state index contributed by atoms with van der Waals surface area (Å²) in [7, 11) is 0. The Balaban J connectivity index is 1.36. The minimum Gasteiger partial charge on any atom is -0.455 e. The van der Waals surface area contributed by atoms with E-state index < -0.39 is 0 Å². The number of nitrogens with zero attached hydrogens (tertiary/aromatic N) is 2. The summed E-state index contributed by atoms with van der Waals surface area (Å²) in [4.78, 5) is 9.92. The van der Waals surface area contributed by atoms with Crippen LogP contribution in [-0.4, -0.2) is 9.97 Å². The molecule has 7 aromatic rings. The van der Waals surface area contributed by atoms with Crippen molar-refractivity contribution in [3.8, 4) is 33.6 Å². The van der Waals surface area contributed by atoms with Crippen LogP contribution in [0.2, 0.25) is 0 Å². The van der Waals surface area contributed by atoms with Gasteiger partial charge in [0.25, 0.3) is 0 Å². The maximum absolute atomic E-state index is 6.31. The molecule has 0 saturated carbocycles. The minimum atomic E-state index is 0.875. The maximum Gasteiger partial charge on any atom is 0.144 e. The van der Waals surface area contributed by atoms with Gasteiger partial charge in [0.15, 0.2) is 0 Å². The number of fused-ring (bicyclic) bond motifs is 4. The fourth-order valence-electron chi connectivity index (χ4n) is 5.91. The van der Waals surface area contributed by atoms with E-state index in [4.69, 9.17) is 14.4 Å². The molecule has 0 bridgehead atoms. The highest BCUT2D eigenvalue weighted by Crippen LogP contribution is 2.38. The fraction of sp³-hybridized carbons (Fsp3) is 0.111. The molecule has 4 aromatic carbocycles. The van der Waals surface area contributed by atoms with E-state index in [0.29, 0.717) is 0 Å². The molecule has 0 spiro atoms. The Bertz CT molecular complexity index is 2050. The molecule has 0 atom stereocenters. The number of hydrogen-bond donors (Lipinski definition) is 0. The molecule has 0 saturated heterocycles. The second-order valence-electron chi connectivity index (χ2n) is 10.4. The largest absolute Gasteiger partial charge is 0.455 e. The quantitative estimate of drug-likeness (QED) is 0.240. The Labute approximate surface area is 227 Å². The van der Waals surface area contributed by atoms with Gasteiger partial charge in [-0.15, -0.1) is 0 Å². The first-order chi connectivity index (χ1) is 19.0. The Morgan fingerprint density at radius 3 is 2.18 bits per heavy atom. The van der Waals surface area contributed by atoms with Crippen LogP contribution >= 0.6 is 0 Å². The molecule has 3 aromatic heterocycles. The van der Waals surface area contributed by atoms with E-state index in [1.807, 2.05) is 18.3 Å². The van der Waals surface area contributed by atoms with Crippen molar-refractivity contribution in [1.82, 2.24) is 9.97 Å². The van der Waals surface area contributed by atoms with Crippen molar-refractivity contribution in [1.29, 1.82) is 0 Å². The lowest BCUT2D eigenvalue weighted by Crippen LogP contribution is -1.95. The summed E-state index contributed by atoms with van der Waals surface area (Å²) in [6.07, 6.45) is 1.97. The third kappa shape index (κ3) is 3.73. The van der Waals surface area contributed by atoms with Crippen molar-refractivity contribution >= 4 is 32.8 Å². The number of hydrogen-bond acceptors (Lipinski definition) is 3.